The summed E-state index contributed by atoms with van der Waals surface area (Å²) in [6.45, 7) is 4.96. The Morgan fingerprint density at radius 3 is 3.19 bits per heavy atom. The third kappa shape index (κ3) is 2.83. The van der Waals surface area contributed by atoms with Crippen LogP contribution in [-0.2, 0) is 18.2 Å². The zero-order chi connectivity index (χ0) is 11.4. The molecule has 1 aromatic rings. The Balaban J connectivity index is 1.95. The Kier molecular flexibility index (Phi) is 3.96. The highest BCUT2D eigenvalue weighted by Gasteiger charge is 2.25. The van der Waals surface area contributed by atoms with Crippen molar-refractivity contribution < 1.29 is 4.74 Å². The first kappa shape index (κ1) is 11.6. The standard InChI is InChI=1S/C12H21N3O/c1-3-13-12-4-5-16-9-11(12)6-10-7-14-15(2)8-10/h7-8,11-13H,3-6,9H2,1-2H3. The highest BCUT2D eigenvalue weighted by molar-refractivity contribution is 5.06. The molecule has 4 heteroatoms. The van der Waals surface area contributed by atoms with Gasteiger partial charge < -0.3 is 10.1 Å². The van der Waals surface area contributed by atoms with E-state index in [0.29, 0.717) is 12.0 Å². The van der Waals surface area contributed by atoms with E-state index < -0.39 is 0 Å². The molecular weight excluding hydrogens is 202 g/mol. The van der Waals surface area contributed by atoms with E-state index >= 15 is 0 Å². The van der Waals surface area contributed by atoms with Gasteiger partial charge in [-0.2, -0.15) is 5.10 Å². The first-order chi connectivity index (χ1) is 7.79. The van der Waals surface area contributed by atoms with E-state index in [9.17, 15) is 0 Å². The van der Waals surface area contributed by atoms with Crippen LogP contribution in [0.2, 0.25) is 0 Å². The molecule has 4 nitrogen and oxygen atoms in total. The van der Waals surface area contributed by atoms with E-state index in [1.54, 1.807) is 0 Å². The van der Waals surface area contributed by atoms with Gasteiger partial charge in [0, 0.05) is 31.8 Å². The molecule has 90 valence electrons. The van der Waals surface area contributed by atoms with Gasteiger partial charge in [0.05, 0.1) is 12.8 Å². The topological polar surface area (TPSA) is 39.1 Å². The molecule has 0 amide bonds. The van der Waals surface area contributed by atoms with Crippen molar-refractivity contribution in [1.82, 2.24) is 15.1 Å². The Bertz CT molecular complexity index is 322. The summed E-state index contributed by atoms with van der Waals surface area (Å²) in [6, 6.07) is 0.596. The predicted molar refractivity (Wildman–Crippen MR) is 63.3 cm³/mol. The fourth-order valence-corrected chi connectivity index (χ4v) is 2.41. The van der Waals surface area contributed by atoms with Crippen LogP contribution >= 0.6 is 0 Å². The fraction of sp³-hybridized carbons (Fsp3) is 0.750. The molecule has 0 aliphatic carbocycles. The average Bonchev–Trinajstić information content (AvgIpc) is 2.67. The maximum absolute atomic E-state index is 5.57. The van der Waals surface area contributed by atoms with Gasteiger partial charge in [0.15, 0.2) is 0 Å². The second kappa shape index (κ2) is 5.46. The number of nitrogens with zero attached hydrogens (tertiary/aromatic N) is 2. The number of hydrogen-bond donors (Lipinski definition) is 1. The molecule has 1 fully saturated rings. The van der Waals surface area contributed by atoms with Crippen molar-refractivity contribution in [3.05, 3.63) is 18.0 Å². The molecule has 16 heavy (non-hydrogen) atoms. The molecule has 1 N–H and O–H groups in total. The minimum atomic E-state index is 0.581. The van der Waals surface area contributed by atoms with Gasteiger partial charge in [-0.15, -0.1) is 0 Å². The minimum absolute atomic E-state index is 0.581. The lowest BCUT2D eigenvalue weighted by molar-refractivity contribution is 0.0326. The summed E-state index contributed by atoms with van der Waals surface area (Å²) in [6.07, 6.45) is 6.24. The quantitative estimate of drug-likeness (QED) is 0.827. The molecular formula is C12H21N3O. The van der Waals surface area contributed by atoms with Gasteiger partial charge in [-0.25, -0.2) is 0 Å². The van der Waals surface area contributed by atoms with Crippen molar-refractivity contribution in [2.24, 2.45) is 13.0 Å². The van der Waals surface area contributed by atoms with Crippen LogP contribution in [0.15, 0.2) is 12.4 Å². The van der Waals surface area contributed by atoms with Crippen molar-refractivity contribution in [3.63, 3.8) is 0 Å². The Morgan fingerprint density at radius 2 is 2.50 bits per heavy atom. The number of ether oxygens (including phenoxy) is 1. The van der Waals surface area contributed by atoms with Gasteiger partial charge in [-0.3, -0.25) is 4.68 Å². The van der Waals surface area contributed by atoms with Crippen LogP contribution in [0.25, 0.3) is 0 Å². The Labute approximate surface area is 97.0 Å². The smallest absolute Gasteiger partial charge is 0.0521 e. The molecule has 1 aromatic heterocycles. The SMILES string of the molecule is CCNC1CCOCC1Cc1cnn(C)c1. The Hall–Kier alpha value is -0.870. The first-order valence-electron chi connectivity index (χ1n) is 6.08. The lowest BCUT2D eigenvalue weighted by atomic mass is 9.90. The van der Waals surface area contributed by atoms with Crippen LogP contribution < -0.4 is 5.32 Å². The largest absolute Gasteiger partial charge is 0.381 e. The number of aromatic nitrogens is 2. The first-order valence-corrected chi connectivity index (χ1v) is 6.08. The van der Waals surface area contributed by atoms with Crippen molar-refractivity contribution in [3.8, 4) is 0 Å². The molecule has 0 bridgehead atoms. The lowest BCUT2D eigenvalue weighted by Gasteiger charge is -2.31. The molecule has 1 aliphatic rings. The molecule has 0 radical (unpaired) electrons. The summed E-state index contributed by atoms with van der Waals surface area (Å²) in [5.41, 5.74) is 1.31. The van der Waals surface area contributed by atoms with E-state index in [1.165, 1.54) is 5.56 Å². The van der Waals surface area contributed by atoms with Crippen LogP contribution in [0.1, 0.15) is 18.9 Å². The molecule has 2 atom stereocenters. The summed E-state index contributed by atoms with van der Waals surface area (Å²) in [4.78, 5) is 0. The lowest BCUT2D eigenvalue weighted by Crippen LogP contribution is -2.43. The highest BCUT2D eigenvalue weighted by Crippen LogP contribution is 2.19. The van der Waals surface area contributed by atoms with Gasteiger partial charge >= 0.3 is 0 Å². The second-order valence-electron chi connectivity index (χ2n) is 4.51. The fourth-order valence-electron chi connectivity index (χ4n) is 2.41. The van der Waals surface area contributed by atoms with E-state index in [-0.39, 0.29) is 0 Å². The van der Waals surface area contributed by atoms with Gasteiger partial charge in [-0.1, -0.05) is 6.92 Å². The van der Waals surface area contributed by atoms with Crippen molar-refractivity contribution in [2.45, 2.75) is 25.8 Å². The summed E-state index contributed by atoms with van der Waals surface area (Å²) in [7, 11) is 1.96. The number of rotatable bonds is 4. The summed E-state index contributed by atoms with van der Waals surface area (Å²) >= 11 is 0. The van der Waals surface area contributed by atoms with E-state index in [4.69, 9.17) is 4.74 Å². The van der Waals surface area contributed by atoms with Crippen LogP contribution in [0.5, 0.6) is 0 Å². The maximum atomic E-state index is 5.57. The second-order valence-corrected chi connectivity index (χ2v) is 4.51. The zero-order valence-electron chi connectivity index (χ0n) is 10.1. The molecule has 0 aromatic carbocycles. The van der Waals surface area contributed by atoms with Crippen molar-refractivity contribution >= 4 is 0 Å². The molecule has 2 heterocycles. The average molecular weight is 223 g/mol. The summed E-state index contributed by atoms with van der Waals surface area (Å²) < 4.78 is 7.43. The third-order valence-corrected chi connectivity index (χ3v) is 3.20. The van der Waals surface area contributed by atoms with Crippen LogP contribution in [-0.4, -0.2) is 35.6 Å². The van der Waals surface area contributed by atoms with E-state index in [2.05, 4.69) is 23.5 Å². The summed E-state index contributed by atoms with van der Waals surface area (Å²) in [5, 5.41) is 7.76. The monoisotopic (exact) mass is 223 g/mol. The molecule has 0 saturated carbocycles. The predicted octanol–water partition coefficient (Wildman–Crippen LogP) is 0.977. The number of nitrogens with one attached hydrogen (secondary N) is 1. The van der Waals surface area contributed by atoms with Gasteiger partial charge in [0.25, 0.3) is 0 Å². The third-order valence-electron chi connectivity index (χ3n) is 3.20. The van der Waals surface area contributed by atoms with Crippen molar-refractivity contribution in [2.75, 3.05) is 19.8 Å². The summed E-state index contributed by atoms with van der Waals surface area (Å²) in [5.74, 6) is 0.581. The highest BCUT2D eigenvalue weighted by atomic mass is 16.5. The molecule has 0 spiro atoms. The van der Waals surface area contributed by atoms with Crippen LogP contribution in [0.3, 0.4) is 0 Å². The van der Waals surface area contributed by atoms with E-state index in [0.717, 1.165) is 32.6 Å². The number of aryl methyl sites for hydroxylation is 1. The molecule has 2 unspecified atom stereocenters. The van der Waals surface area contributed by atoms with Gasteiger partial charge in [0.1, 0.15) is 0 Å². The molecule has 2 rings (SSSR count). The van der Waals surface area contributed by atoms with Crippen LogP contribution in [0, 0.1) is 5.92 Å². The molecule has 1 saturated heterocycles. The maximum Gasteiger partial charge on any atom is 0.0521 e. The molecule has 1 aliphatic heterocycles. The van der Waals surface area contributed by atoms with Crippen molar-refractivity contribution in [1.29, 1.82) is 0 Å². The number of hydrogen-bond acceptors (Lipinski definition) is 3. The van der Waals surface area contributed by atoms with Gasteiger partial charge in [-0.05, 0) is 24.9 Å². The zero-order valence-corrected chi connectivity index (χ0v) is 10.1. The van der Waals surface area contributed by atoms with E-state index in [1.807, 2.05) is 17.9 Å². The normalized spacial score (nSPS) is 25.9. The van der Waals surface area contributed by atoms with Crippen LogP contribution in [0.4, 0.5) is 0 Å². The Morgan fingerprint density at radius 1 is 1.62 bits per heavy atom. The van der Waals surface area contributed by atoms with Gasteiger partial charge in [0.2, 0.25) is 0 Å². The minimum Gasteiger partial charge on any atom is -0.381 e.